The van der Waals surface area contributed by atoms with Gasteiger partial charge in [-0.3, -0.25) is 9.59 Å². The van der Waals surface area contributed by atoms with Crippen molar-refractivity contribution in [3.8, 4) is 5.88 Å². The average Bonchev–Trinajstić information content (AvgIpc) is 2.61. The lowest BCUT2D eigenvalue weighted by Gasteiger charge is -2.10. The van der Waals surface area contributed by atoms with Gasteiger partial charge >= 0.3 is 0 Å². The van der Waals surface area contributed by atoms with Crippen LogP contribution in [0.5, 0.6) is 5.88 Å². The minimum atomic E-state index is -0.357. The standard InChI is InChI=1S/C18H17N3O3/c1-2-24-18-13(7-5-9-19-18)11-20-17(23)15-10-12-6-3-4-8-14(12)16(22)21-15/h3-10H,2,11H2,1H3,(H,20,23)(H,21,22). The first kappa shape index (κ1) is 15.7. The molecule has 2 aromatic heterocycles. The smallest absolute Gasteiger partial charge is 0.268 e. The van der Waals surface area contributed by atoms with Gasteiger partial charge < -0.3 is 15.0 Å². The van der Waals surface area contributed by atoms with Crippen LogP contribution in [0.3, 0.4) is 0 Å². The van der Waals surface area contributed by atoms with Crippen molar-refractivity contribution in [3.05, 3.63) is 70.3 Å². The molecule has 0 saturated carbocycles. The predicted molar refractivity (Wildman–Crippen MR) is 91.1 cm³/mol. The fourth-order valence-corrected chi connectivity index (χ4v) is 2.43. The van der Waals surface area contributed by atoms with Gasteiger partial charge in [-0.05, 0) is 30.5 Å². The van der Waals surface area contributed by atoms with E-state index in [2.05, 4.69) is 15.3 Å². The lowest BCUT2D eigenvalue weighted by atomic mass is 10.1. The number of nitrogens with zero attached hydrogens (tertiary/aromatic N) is 1. The van der Waals surface area contributed by atoms with Crippen molar-refractivity contribution in [1.82, 2.24) is 15.3 Å². The zero-order valence-corrected chi connectivity index (χ0v) is 13.2. The number of ether oxygens (including phenoxy) is 1. The Morgan fingerprint density at radius 1 is 1.25 bits per heavy atom. The summed E-state index contributed by atoms with van der Waals surface area (Å²) in [5.74, 6) is 0.136. The molecule has 3 rings (SSSR count). The first-order valence-corrected chi connectivity index (χ1v) is 7.66. The molecule has 0 aliphatic heterocycles. The van der Waals surface area contributed by atoms with Crippen LogP contribution in [0.15, 0.2) is 53.5 Å². The minimum absolute atomic E-state index is 0.223. The molecular weight excluding hydrogens is 306 g/mol. The van der Waals surface area contributed by atoms with E-state index in [0.717, 1.165) is 10.9 Å². The van der Waals surface area contributed by atoms with Gasteiger partial charge in [0.05, 0.1) is 6.61 Å². The molecule has 6 nitrogen and oxygen atoms in total. The summed E-state index contributed by atoms with van der Waals surface area (Å²) in [6, 6.07) is 12.4. The number of carbonyl (C=O) groups is 1. The number of hydrogen-bond acceptors (Lipinski definition) is 4. The third kappa shape index (κ3) is 3.27. The third-order valence-electron chi connectivity index (χ3n) is 3.57. The van der Waals surface area contributed by atoms with Gasteiger partial charge in [-0.25, -0.2) is 4.98 Å². The molecule has 0 bridgehead atoms. The van der Waals surface area contributed by atoms with Gasteiger partial charge in [0, 0.05) is 23.7 Å². The highest BCUT2D eigenvalue weighted by atomic mass is 16.5. The van der Waals surface area contributed by atoms with Gasteiger partial charge in [0.25, 0.3) is 11.5 Å². The summed E-state index contributed by atoms with van der Waals surface area (Å²) >= 11 is 0. The number of rotatable bonds is 5. The number of hydrogen-bond donors (Lipinski definition) is 2. The van der Waals surface area contributed by atoms with Crippen LogP contribution in [0, 0.1) is 0 Å². The van der Waals surface area contributed by atoms with E-state index in [4.69, 9.17) is 4.74 Å². The van der Waals surface area contributed by atoms with Crippen LogP contribution in [0.25, 0.3) is 10.8 Å². The predicted octanol–water partition coefficient (Wildman–Crippen LogP) is 2.25. The van der Waals surface area contributed by atoms with E-state index >= 15 is 0 Å². The Morgan fingerprint density at radius 2 is 2.08 bits per heavy atom. The van der Waals surface area contributed by atoms with Gasteiger partial charge in [0.15, 0.2) is 0 Å². The molecule has 3 aromatic rings. The summed E-state index contributed by atoms with van der Waals surface area (Å²) in [5.41, 5.74) is 0.714. The summed E-state index contributed by atoms with van der Waals surface area (Å²) in [5, 5.41) is 4.06. The number of H-pyrrole nitrogens is 1. The zero-order valence-electron chi connectivity index (χ0n) is 13.2. The number of fused-ring (bicyclic) bond motifs is 1. The van der Waals surface area contributed by atoms with E-state index in [1.807, 2.05) is 19.1 Å². The number of carbonyl (C=O) groups excluding carboxylic acids is 1. The Hall–Kier alpha value is -3.15. The molecule has 1 amide bonds. The summed E-state index contributed by atoms with van der Waals surface area (Å²) in [7, 11) is 0. The van der Waals surface area contributed by atoms with E-state index < -0.39 is 0 Å². The lowest BCUT2D eigenvalue weighted by Crippen LogP contribution is -2.26. The number of benzene rings is 1. The molecule has 0 aliphatic carbocycles. The van der Waals surface area contributed by atoms with Crippen molar-refractivity contribution in [2.75, 3.05) is 6.61 Å². The van der Waals surface area contributed by atoms with E-state index in [-0.39, 0.29) is 23.7 Å². The van der Waals surface area contributed by atoms with Gasteiger partial charge in [0.2, 0.25) is 5.88 Å². The molecule has 2 heterocycles. The van der Waals surface area contributed by atoms with Gasteiger partial charge in [-0.15, -0.1) is 0 Å². The molecule has 2 N–H and O–H groups in total. The quantitative estimate of drug-likeness (QED) is 0.754. The topological polar surface area (TPSA) is 84.1 Å². The number of pyridine rings is 2. The van der Waals surface area contributed by atoms with Crippen molar-refractivity contribution in [2.45, 2.75) is 13.5 Å². The van der Waals surface area contributed by atoms with E-state index in [1.165, 1.54) is 0 Å². The molecule has 24 heavy (non-hydrogen) atoms. The van der Waals surface area contributed by atoms with Crippen LogP contribution < -0.4 is 15.6 Å². The van der Waals surface area contributed by atoms with Crippen molar-refractivity contribution < 1.29 is 9.53 Å². The SMILES string of the molecule is CCOc1ncccc1CNC(=O)c1cc2ccccc2c(=O)[nH]1. The van der Waals surface area contributed by atoms with Crippen LogP contribution in [0.2, 0.25) is 0 Å². The zero-order chi connectivity index (χ0) is 16.9. The van der Waals surface area contributed by atoms with Gasteiger partial charge in [-0.2, -0.15) is 0 Å². The number of aromatic nitrogens is 2. The Morgan fingerprint density at radius 3 is 2.92 bits per heavy atom. The maximum absolute atomic E-state index is 12.3. The fraction of sp³-hybridized carbons (Fsp3) is 0.167. The Kier molecular flexibility index (Phi) is 4.56. The highest BCUT2D eigenvalue weighted by Gasteiger charge is 2.11. The van der Waals surface area contributed by atoms with Crippen LogP contribution in [-0.2, 0) is 6.54 Å². The minimum Gasteiger partial charge on any atom is -0.478 e. The molecule has 0 unspecified atom stereocenters. The molecule has 0 spiro atoms. The second kappa shape index (κ2) is 6.95. The van der Waals surface area contributed by atoms with Crippen LogP contribution in [-0.4, -0.2) is 22.5 Å². The number of nitrogens with one attached hydrogen (secondary N) is 2. The van der Waals surface area contributed by atoms with E-state index in [9.17, 15) is 9.59 Å². The third-order valence-corrected chi connectivity index (χ3v) is 3.57. The second-order valence-electron chi connectivity index (χ2n) is 5.18. The molecule has 0 fully saturated rings. The van der Waals surface area contributed by atoms with E-state index in [1.54, 1.807) is 36.5 Å². The first-order valence-electron chi connectivity index (χ1n) is 7.66. The summed E-state index contributed by atoms with van der Waals surface area (Å²) in [6.07, 6.45) is 1.64. The van der Waals surface area contributed by atoms with Gasteiger partial charge in [-0.1, -0.05) is 24.3 Å². The van der Waals surface area contributed by atoms with Crippen molar-refractivity contribution in [3.63, 3.8) is 0 Å². The van der Waals surface area contributed by atoms with Crippen LogP contribution in [0.4, 0.5) is 0 Å². The van der Waals surface area contributed by atoms with Crippen molar-refractivity contribution in [2.24, 2.45) is 0 Å². The second-order valence-corrected chi connectivity index (χ2v) is 5.18. The first-order chi connectivity index (χ1) is 11.7. The highest BCUT2D eigenvalue weighted by Crippen LogP contribution is 2.14. The molecule has 122 valence electrons. The molecule has 0 aliphatic rings. The number of aromatic amines is 1. The highest BCUT2D eigenvalue weighted by molar-refractivity contribution is 5.96. The molecule has 0 atom stereocenters. The summed E-state index contributed by atoms with van der Waals surface area (Å²) in [6.45, 7) is 2.63. The van der Waals surface area contributed by atoms with Crippen molar-refractivity contribution >= 4 is 16.7 Å². The monoisotopic (exact) mass is 323 g/mol. The van der Waals surface area contributed by atoms with Crippen LogP contribution >= 0.6 is 0 Å². The molecule has 0 radical (unpaired) electrons. The molecule has 6 heteroatoms. The maximum Gasteiger partial charge on any atom is 0.268 e. The maximum atomic E-state index is 12.3. The summed E-state index contributed by atoms with van der Waals surface area (Å²) < 4.78 is 5.43. The van der Waals surface area contributed by atoms with Crippen LogP contribution in [0.1, 0.15) is 23.0 Å². The molecular formula is C18H17N3O3. The van der Waals surface area contributed by atoms with Crippen molar-refractivity contribution in [1.29, 1.82) is 0 Å². The lowest BCUT2D eigenvalue weighted by molar-refractivity contribution is 0.0945. The van der Waals surface area contributed by atoms with Gasteiger partial charge in [0.1, 0.15) is 5.69 Å². The van der Waals surface area contributed by atoms with E-state index in [0.29, 0.717) is 17.9 Å². The fourth-order valence-electron chi connectivity index (χ4n) is 2.43. The Bertz CT molecular complexity index is 934. The number of amides is 1. The Labute approximate surface area is 138 Å². The normalized spacial score (nSPS) is 10.5. The average molecular weight is 323 g/mol. The largest absolute Gasteiger partial charge is 0.478 e. The summed E-state index contributed by atoms with van der Waals surface area (Å²) in [4.78, 5) is 31.1. The molecule has 0 saturated heterocycles. The Balaban J connectivity index is 1.80. The molecule has 1 aromatic carbocycles.